The lowest BCUT2D eigenvalue weighted by molar-refractivity contribution is -0.135. The number of hydrogen-bond donors (Lipinski definition) is 1. The van der Waals surface area contributed by atoms with Crippen molar-refractivity contribution < 1.29 is 32.2 Å². The molecule has 0 unspecified atom stereocenters. The second-order valence-electron chi connectivity index (χ2n) is 6.55. The number of carboxylic acids is 1. The summed E-state index contributed by atoms with van der Waals surface area (Å²) in [5.74, 6) is -0.366. The van der Waals surface area contributed by atoms with Crippen LogP contribution in [-0.2, 0) is 0 Å². The van der Waals surface area contributed by atoms with Crippen molar-refractivity contribution in [1.82, 2.24) is 4.98 Å². The van der Waals surface area contributed by atoms with Gasteiger partial charge in [-0.3, -0.25) is 0 Å². The summed E-state index contributed by atoms with van der Waals surface area (Å²) < 4.78 is 46.9. The fraction of sp³-hybridized carbons (Fsp3) is 0.500. The van der Waals surface area contributed by atoms with Crippen LogP contribution in [0, 0.1) is 0 Å². The van der Waals surface area contributed by atoms with Crippen LogP contribution < -0.4 is 4.74 Å². The number of ether oxygens (including phenoxy) is 1. The molecule has 154 valence electrons. The van der Waals surface area contributed by atoms with E-state index in [4.69, 9.17) is 14.3 Å². The average Bonchev–Trinajstić information content (AvgIpc) is 3.13. The van der Waals surface area contributed by atoms with Gasteiger partial charge in [0.25, 0.3) is 0 Å². The third kappa shape index (κ3) is 7.62. The molecule has 2 aromatic rings. The molecule has 1 aromatic carbocycles. The van der Waals surface area contributed by atoms with Crippen LogP contribution in [0.1, 0.15) is 61.9 Å². The number of rotatable bonds is 12. The van der Waals surface area contributed by atoms with Crippen molar-refractivity contribution in [3.05, 3.63) is 36.4 Å². The Morgan fingerprint density at radius 1 is 1.07 bits per heavy atom. The number of unbranched alkanes of at least 4 members (excludes halogenated alkanes) is 6. The molecular weight excluding hydrogens is 375 g/mol. The molecule has 1 heterocycles. The van der Waals surface area contributed by atoms with Crippen LogP contribution in [0.2, 0.25) is 0 Å². The highest BCUT2D eigenvalue weighted by Gasteiger charge is 2.25. The third-order valence-electron chi connectivity index (χ3n) is 4.24. The van der Waals surface area contributed by atoms with E-state index < -0.39 is 18.6 Å². The first-order valence-corrected chi connectivity index (χ1v) is 9.33. The number of aromatic nitrogens is 1. The number of carbonyl (C=O) groups is 1. The lowest BCUT2D eigenvalue weighted by Gasteiger charge is -2.08. The predicted molar refractivity (Wildman–Crippen MR) is 97.4 cm³/mol. The Hall–Kier alpha value is -2.51. The first-order valence-electron chi connectivity index (χ1n) is 9.33. The van der Waals surface area contributed by atoms with Gasteiger partial charge in [-0.2, -0.15) is 13.2 Å². The number of alkyl halides is 3. The molecule has 0 amide bonds. The Morgan fingerprint density at radius 3 is 2.43 bits per heavy atom. The van der Waals surface area contributed by atoms with Gasteiger partial charge in [0.15, 0.2) is 17.8 Å². The number of oxazole rings is 1. The smallest absolute Gasteiger partial charge is 0.389 e. The second kappa shape index (κ2) is 10.7. The van der Waals surface area contributed by atoms with E-state index in [0.717, 1.165) is 38.5 Å². The van der Waals surface area contributed by atoms with Crippen LogP contribution in [-0.4, -0.2) is 28.8 Å². The van der Waals surface area contributed by atoms with Crippen molar-refractivity contribution in [2.24, 2.45) is 0 Å². The highest BCUT2D eigenvalue weighted by molar-refractivity contribution is 5.92. The van der Waals surface area contributed by atoms with E-state index in [9.17, 15) is 18.0 Å². The molecule has 28 heavy (non-hydrogen) atoms. The number of benzene rings is 1. The van der Waals surface area contributed by atoms with Gasteiger partial charge >= 0.3 is 12.1 Å². The van der Waals surface area contributed by atoms with Crippen molar-refractivity contribution in [1.29, 1.82) is 0 Å². The topological polar surface area (TPSA) is 72.6 Å². The molecule has 2 rings (SSSR count). The van der Waals surface area contributed by atoms with Crippen LogP contribution in [0.4, 0.5) is 13.2 Å². The van der Waals surface area contributed by atoms with Crippen LogP contribution >= 0.6 is 0 Å². The fourth-order valence-electron chi connectivity index (χ4n) is 2.83. The maximum Gasteiger partial charge on any atom is 0.389 e. The number of hydrogen-bond acceptors (Lipinski definition) is 4. The van der Waals surface area contributed by atoms with Gasteiger partial charge in [0.2, 0.25) is 0 Å². The van der Waals surface area contributed by atoms with Crippen molar-refractivity contribution in [3.63, 3.8) is 0 Å². The number of carboxylic acid groups (broad SMARTS) is 1. The van der Waals surface area contributed by atoms with E-state index in [1.165, 1.54) is 0 Å². The molecule has 1 N–H and O–H groups in total. The number of nitrogens with zero attached hydrogens (tertiary/aromatic N) is 1. The fourth-order valence-corrected chi connectivity index (χ4v) is 2.83. The van der Waals surface area contributed by atoms with Crippen molar-refractivity contribution in [3.8, 4) is 17.1 Å². The Kier molecular flexibility index (Phi) is 8.35. The Morgan fingerprint density at radius 2 is 1.75 bits per heavy atom. The Labute approximate surface area is 161 Å². The molecule has 0 atom stereocenters. The molecule has 0 saturated heterocycles. The largest absolute Gasteiger partial charge is 0.494 e. The van der Waals surface area contributed by atoms with Gasteiger partial charge in [-0.25, -0.2) is 9.78 Å². The molecule has 1 aromatic heterocycles. The number of halogens is 3. The molecule has 8 heteroatoms. The summed E-state index contributed by atoms with van der Waals surface area (Å²) in [6.45, 7) is 0.514. The molecule has 0 aliphatic rings. The molecule has 0 radical (unpaired) electrons. The predicted octanol–water partition coefficient (Wildman–Crippen LogP) is 6.10. The molecule has 0 aliphatic carbocycles. The van der Waals surface area contributed by atoms with E-state index >= 15 is 0 Å². The highest BCUT2D eigenvalue weighted by atomic mass is 19.4. The second-order valence-corrected chi connectivity index (χ2v) is 6.55. The van der Waals surface area contributed by atoms with E-state index in [-0.39, 0.29) is 17.9 Å². The van der Waals surface area contributed by atoms with E-state index in [1.54, 1.807) is 24.3 Å². The van der Waals surface area contributed by atoms with Crippen molar-refractivity contribution in [2.75, 3.05) is 6.61 Å². The van der Waals surface area contributed by atoms with Crippen LogP contribution in [0.15, 0.2) is 35.1 Å². The zero-order chi connectivity index (χ0) is 20.4. The summed E-state index contributed by atoms with van der Waals surface area (Å²) in [4.78, 5) is 14.8. The van der Waals surface area contributed by atoms with Gasteiger partial charge in [-0.1, -0.05) is 44.2 Å². The zero-order valence-electron chi connectivity index (χ0n) is 15.5. The molecule has 0 saturated carbocycles. The van der Waals surface area contributed by atoms with Crippen molar-refractivity contribution >= 4 is 5.97 Å². The third-order valence-corrected chi connectivity index (χ3v) is 4.24. The molecular formula is C20H24F3NO4. The van der Waals surface area contributed by atoms with E-state index in [0.29, 0.717) is 24.3 Å². The average molecular weight is 399 g/mol. The van der Waals surface area contributed by atoms with Gasteiger partial charge in [0, 0.05) is 12.0 Å². The van der Waals surface area contributed by atoms with Gasteiger partial charge in [-0.15, -0.1) is 0 Å². The Balaban J connectivity index is 1.64. The van der Waals surface area contributed by atoms with Gasteiger partial charge in [0.05, 0.1) is 6.61 Å². The lowest BCUT2D eigenvalue weighted by Crippen LogP contribution is -2.06. The summed E-state index contributed by atoms with van der Waals surface area (Å²) in [5.41, 5.74) is 0.429. The lowest BCUT2D eigenvalue weighted by atomic mass is 10.1. The molecule has 0 aliphatic heterocycles. The molecule has 0 fully saturated rings. The minimum atomic E-state index is -4.04. The first-order chi connectivity index (χ1) is 13.4. The molecule has 5 nitrogen and oxygen atoms in total. The van der Waals surface area contributed by atoms with Crippen LogP contribution in [0.25, 0.3) is 11.3 Å². The standard InChI is InChI=1S/C20H24F3NO4/c21-20(22,23)11-6-4-2-1-3-5-7-12-27-16-10-8-9-15(13-16)18-17(19(25)26)24-14-28-18/h8-10,13-14H,1-7,11-12H2,(H,25,26). The summed E-state index contributed by atoms with van der Waals surface area (Å²) in [5, 5.41) is 9.11. The quantitative estimate of drug-likeness (QED) is 0.437. The van der Waals surface area contributed by atoms with Crippen LogP contribution in [0.3, 0.4) is 0 Å². The van der Waals surface area contributed by atoms with Gasteiger partial charge in [-0.05, 0) is 25.0 Å². The summed E-state index contributed by atoms with van der Waals surface area (Å²) in [6, 6.07) is 6.95. The summed E-state index contributed by atoms with van der Waals surface area (Å²) in [7, 11) is 0. The Bertz CT molecular complexity index is 743. The van der Waals surface area contributed by atoms with Crippen molar-refractivity contribution in [2.45, 2.75) is 57.5 Å². The summed E-state index contributed by atoms with van der Waals surface area (Å²) in [6.07, 6.45) is 1.68. The maximum absolute atomic E-state index is 12.0. The maximum atomic E-state index is 12.0. The minimum absolute atomic E-state index is 0.146. The number of aromatic carboxylic acids is 1. The molecule has 0 spiro atoms. The normalized spacial score (nSPS) is 11.5. The minimum Gasteiger partial charge on any atom is -0.494 e. The van der Waals surface area contributed by atoms with Gasteiger partial charge < -0.3 is 14.3 Å². The van der Waals surface area contributed by atoms with E-state index in [1.807, 2.05) is 0 Å². The monoisotopic (exact) mass is 399 g/mol. The summed E-state index contributed by atoms with van der Waals surface area (Å²) >= 11 is 0. The van der Waals surface area contributed by atoms with Crippen LogP contribution in [0.5, 0.6) is 5.75 Å². The molecule has 0 bridgehead atoms. The SMILES string of the molecule is O=C(O)c1ncoc1-c1cccc(OCCCCCCCCCC(F)(F)F)c1. The zero-order valence-corrected chi connectivity index (χ0v) is 15.5. The highest BCUT2D eigenvalue weighted by Crippen LogP contribution is 2.27. The van der Waals surface area contributed by atoms with Gasteiger partial charge in [0.1, 0.15) is 5.75 Å². The van der Waals surface area contributed by atoms with E-state index in [2.05, 4.69) is 4.98 Å². The first kappa shape index (κ1) is 21.8.